The van der Waals surface area contributed by atoms with Gasteiger partial charge in [-0.15, -0.1) is 6.58 Å². The molecule has 0 aromatic carbocycles. The van der Waals surface area contributed by atoms with E-state index >= 15 is 0 Å². The molecule has 39 heavy (non-hydrogen) atoms. The highest BCUT2D eigenvalue weighted by molar-refractivity contribution is 5.90. The maximum absolute atomic E-state index is 13.4. The molecule has 2 fully saturated rings. The number of aliphatic hydroxyl groups excluding tert-OH is 1. The lowest BCUT2D eigenvalue weighted by Gasteiger charge is -2.45. The first-order valence-corrected chi connectivity index (χ1v) is 14.8. The summed E-state index contributed by atoms with van der Waals surface area (Å²) in [6.45, 7) is 14.9. The second-order valence-electron chi connectivity index (χ2n) is 12.5. The van der Waals surface area contributed by atoms with Crippen LogP contribution >= 0.6 is 0 Å². The lowest BCUT2D eigenvalue weighted by Crippen LogP contribution is -2.62. The molecule has 2 aliphatic heterocycles. The third-order valence-corrected chi connectivity index (χ3v) is 7.29. The standard InChI is InChI=1S/C31H54N2O6/c1-8-9-10-11-12-13-14-16-21-33-22-17-15-18-23(29(33)36)32-28(35)27(37-7)26-25(34)24(19-20-30(2,3)4)38-31(5,6)39-26/h8,19-20,23-27,34H,1,9-18,21-22H2,2-7H3,(H,32,35)/t23?,24-,25+,26-,27-/m1/s1. The molecule has 0 saturated carbocycles. The van der Waals surface area contributed by atoms with Gasteiger partial charge in [0, 0.05) is 20.2 Å². The molecule has 2 saturated heterocycles. The third kappa shape index (κ3) is 11.3. The molecule has 0 aromatic heterocycles. The Kier molecular flexibility index (Phi) is 13.6. The molecule has 2 aliphatic rings. The van der Waals surface area contributed by atoms with Crippen molar-refractivity contribution >= 4 is 11.8 Å². The monoisotopic (exact) mass is 550 g/mol. The Morgan fingerprint density at radius 1 is 1.18 bits per heavy atom. The van der Waals surface area contributed by atoms with Crippen LogP contribution in [0, 0.1) is 5.41 Å². The molecule has 2 N–H and O–H groups in total. The Morgan fingerprint density at radius 3 is 2.49 bits per heavy atom. The number of amides is 2. The number of nitrogens with one attached hydrogen (secondary N) is 1. The Labute approximate surface area is 236 Å². The van der Waals surface area contributed by atoms with Gasteiger partial charge in [0.2, 0.25) is 5.91 Å². The lowest BCUT2D eigenvalue weighted by molar-refractivity contribution is -0.334. The van der Waals surface area contributed by atoms with Crippen molar-refractivity contribution in [1.82, 2.24) is 10.2 Å². The Morgan fingerprint density at radius 2 is 1.85 bits per heavy atom. The van der Waals surface area contributed by atoms with Gasteiger partial charge in [0.25, 0.3) is 5.91 Å². The van der Waals surface area contributed by atoms with E-state index in [0.29, 0.717) is 13.0 Å². The van der Waals surface area contributed by atoms with Crippen LogP contribution in [0.15, 0.2) is 24.8 Å². The lowest BCUT2D eigenvalue weighted by atomic mass is 9.93. The Hall–Kier alpha value is -1.74. The van der Waals surface area contributed by atoms with Gasteiger partial charge in [-0.05, 0) is 57.8 Å². The van der Waals surface area contributed by atoms with Gasteiger partial charge in [-0.25, -0.2) is 0 Å². The van der Waals surface area contributed by atoms with E-state index in [1.807, 2.05) is 23.1 Å². The fraction of sp³-hybridized carbons (Fsp3) is 0.806. The zero-order chi connectivity index (χ0) is 29.1. The van der Waals surface area contributed by atoms with E-state index < -0.39 is 42.2 Å². The molecule has 0 spiro atoms. The van der Waals surface area contributed by atoms with Crippen molar-refractivity contribution in [1.29, 1.82) is 0 Å². The number of methoxy groups -OCH3 is 1. The summed E-state index contributed by atoms with van der Waals surface area (Å²) in [5.41, 5.74) is -0.101. The summed E-state index contributed by atoms with van der Waals surface area (Å²) in [5.74, 6) is -1.53. The second kappa shape index (κ2) is 15.9. The average molecular weight is 551 g/mol. The van der Waals surface area contributed by atoms with E-state index in [4.69, 9.17) is 14.2 Å². The number of hydrogen-bond donors (Lipinski definition) is 2. The summed E-state index contributed by atoms with van der Waals surface area (Å²) >= 11 is 0. The SMILES string of the molecule is C=CCCCCCCCCN1CCCCC(NC(=O)[C@H](OC)[C@@H]2OC(C)(C)O[C@H](C=CC(C)(C)C)[C@@H]2O)C1=O. The first-order valence-electron chi connectivity index (χ1n) is 14.8. The summed E-state index contributed by atoms with van der Waals surface area (Å²) in [7, 11) is 1.42. The normalized spacial score (nSPS) is 26.8. The highest BCUT2D eigenvalue weighted by Gasteiger charge is 2.48. The smallest absolute Gasteiger partial charge is 0.252 e. The number of hydrogen-bond acceptors (Lipinski definition) is 6. The molecule has 1 unspecified atom stereocenters. The fourth-order valence-electron chi connectivity index (χ4n) is 5.19. The number of aliphatic hydroxyl groups is 1. The van der Waals surface area contributed by atoms with Crippen molar-refractivity contribution < 1.29 is 28.9 Å². The van der Waals surface area contributed by atoms with Crippen LogP contribution in [0.2, 0.25) is 0 Å². The number of rotatable bonds is 14. The molecule has 0 aliphatic carbocycles. The average Bonchev–Trinajstić information content (AvgIpc) is 3.02. The molecule has 0 radical (unpaired) electrons. The number of carbonyl (C=O) groups is 2. The number of unbranched alkanes of at least 4 members (excludes halogenated alkanes) is 6. The number of nitrogens with zero attached hydrogens (tertiary/aromatic N) is 1. The van der Waals surface area contributed by atoms with Crippen LogP contribution in [-0.2, 0) is 23.8 Å². The van der Waals surface area contributed by atoms with Gasteiger partial charge in [0.05, 0.1) is 0 Å². The van der Waals surface area contributed by atoms with Crippen molar-refractivity contribution in [2.75, 3.05) is 20.2 Å². The minimum absolute atomic E-state index is 0.0403. The zero-order valence-electron chi connectivity index (χ0n) is 25.2. The van der Waals surface area contributed by atoms with Gasteiger partial charge in [0.1, 0.15) is 24.4 Å². The van der Waals surface area contributed by atoms with Crippen LogP contribution in [0.25, 0.3) is 0 Å². The van der Waals surface area contributed by atoms with Crippen LogP contribution in [0.1, 0.15) is 98.8 Å². The molecule has 8 nitrogen and oxygen atoms in total. The molecule has 8 heteroatoms. The molecule has 5 atom stereocenters. The Bertz CT molecular complexity index is 805. The Balaban J connectivity index is 1.99. The minimum Gasteiger partial charge on any atom is -0.387 e. The number of likely N-dealkylation sites (tertiary alicyclic amines) is 1. The summed E-state index contributed by atoms with van der Waals surface area (Å²) in [4.78, 5) is 28.7. The predicted molar refractivity (Wildman–Crippen MR) is 154 cm³/mol. The first kappa shape index (κ1) is 33.5. The second-order valence-corrected chi connectivity index (χ2v) is 12.5. The summed E-state index contributed by atoms with van der Waals surface area (Å²) in [5, 5.41) is 14.0. The van der Waals surface area contributed by atoms with Crippen LogP contribution in [0.4, 0.5) is 0 Å². The van der Waals surface area contributed by atoms with Gasteiger partial charge in [-0.3, -0.25) is 9.59 Å². The van der Waals surface area contributed by atoms with Crippen molar-refractivity contribution in [3.05, 3.63) is 24.8 Å². The topological polar surface area (TPSA) is 97.3 Å². The summed E-state index contributed by atoms with van der Waals surface area (Å²) in [6.07, 6.45) is 12.2. The van der Waals surface area contributed by atoms with Gasteiger partial charge in [0.15, 0.2) is 11.9 Å². The molecular weight excluding hydrogens is 496 g/mol. The van der Waals surface area contributed by atoms with E-state index in [1.165, 1.54) is 32.8 Å². The molecule has 224 valence electrons. The minimum atomic E-state index is -1.12. The maximum atomic E-state index is 13.4. The highest BCUT2D eigenvalue weighted by atomic mass is 16.7. The van der Waals surface area contributed by atoms with E-state index in [9.17, 15) is 14.7 Å². The quantitative estimate of drug-likeness (QED) is 0.236. The van der Waals surface area contributed by atoms with Crippen LogP contribution in [-0.4, -0.2) is 78.3 Å². The van der Waals surface area contributed by atoms with Crippen LogP contribution in [0.5, 0.6) is 0 Å². The van der Waals surface area contributed by atoms with Crippen LogP contribution < -0.4 is 5.32 Å². The van der Waals surface area contributed by atoms with E-state index in [1.54, 1.807) is 13.8 Å². The molecule has 2 rings (SSSR count). The highest BCUT2D eigenvalue weighted by Crippen LogP contribution is 2.31. The summed E-state index contributed by atoms with van der Waals surface area (Å²) in [6, 6.07) is -0.613. The molecular formula is C31H54N2O6. The van der Waals surface area contributed by atoms with Crippen molar-refractivity contribution in [2.45, 2.75) is 135 Å². The van der Waals surface area contributed by atoms with Gasteiger partial charge in [-0.2, -0.15) is 0 Å². The van der Waals surface area contributed by atoms with Crippen molar-refractivity contribution in [2.24, 2.45) is 5.41 Å². The summed E-state index contributed by atoms with van der Waals surface area (Å²) < 4.78 is 17.5. The third-order valence-electron chi connectivity index (χ3n) is 7.29. The number of allylic oxidation sites excluding steroid dienone is 2. The zero-order valence-corrected chi connectivity index (χ0v) is 25.2. The number of ether oxygens (including phenoxy) is 3. The largest absolute Gasteiger partial charge is 0.387 e. The first-order chi connectivity index (χ1) is 18.4. The van der Waals surface area contributed by atoms with Crippen LogP contribution in [0.3, 0.4) is 0 Å². The van der Waals surface area contributed by atoms with E-state index in [2.05, 4.69) is 32.7 Å². The number of carbonyl (C=O) groups excluding carboxylic acids is 2. The molecule has 2 heterocycles. The van der Waals surface area contributed by atoms with Crippen molar-refractivity contribution in [3.63, 3.8) is 0 Å². The molecule has 2 amide bonds. The van der Waals surface area contributed by atoms with Gasteiger partial charge >= 0.3 is 0 Å². The van der Waals surface area contributed by atoms with E-state index in [0.717, 1.165) is 38.6 Å². The molecule has 0 bridgehead atoms. The predicted octanol–water partition coefficient (Wildman–Crippen LogP) is 4.90. The van der Waals surface area contributed by atoms with Gasteiger partial charge in [-0.1, -0.05) is 64.7 Å². The van der Waals surface area contributed by atoms with E-state index in [-0.39, 0.29) is 11.3 Å². The van der Waals surface area contributed by atoms with Gasteiger partial charge < -0.3 is 29.5 Å². The van der Waals surface area contributed by atoms with Crippen molar-refractivity contribution in [3.8, 4) is 0 Å². The molecule has 0 aromatic rings. The maximum Gasteiger partial charge on any atom is 0.252 e. The fourth-order valence-corrected chi connectivity index (χ4v) is 5.19.